The Bertz CT molecular complexity index is 960. The fourth-order valence-electron chi connectivity index (χ4n) is 2.68. The number of nitrogens with zero attached hydrogens (tertiary/aromatic N) is 3. The molecule has 0 aliphatic rings. The first kappa shape index (κ1) is 18.9. The van der Waals surface area contributed by atoms with Crippen LogP contribution in [0.15, 0.2) is 54.6 Å². The summed E-state index contributed by atoms with van der Waals surface area (Å²) in [5.74, 6) is 0.215. The van der Waals surface area contributed by atoms with Crippen LogP contribution in [0.5, 0.6) is 0 Å². The van der Waals surface area contributed by atoms with Gasteiger partial charge in [-0.25, -0.2) is 9.97 Å². The van der Waals surface area contributed by atoms with E-state index in [-0.39, 0.29) is 5.91 Å². The van der Waals surface area contributed by atoms with Crippen molar-refractivity contribution in [3.05, 3.63) is 82.1 Å². The highest BCUT2D eigenvalue weighted by Crippen LogP contribution is 2.21. The Morgan fingerprint density at radius 1 is 1.07 bits per heavy atom. The maximum absolute atomic E-state index is 12.7. The summed E-state index contributed by atoms with van der Waals surface area (Å²) in [6.45, 7) is 4.41. The molecule has 3 aromatic rings. The van der Waals surface area contributed by atoms with Gasteiger partial charge in [0.05, 0.1) is 0 Å². The van der Waals surface area contributed by atoms with E-state index in [4.69, 9.17) is 11.6 Å². The molecule has 0 bridgehead atoms. The van der Waals surface area contributed by atoms with Crippen molar-refractivity contribution >= 4 is 29.1 Å². The molecule has 0 radical (unpaired) electrons. The summed E-state index contributed by atoms with van der Waals surface area (Å²) in [6, 6.07) is 17.1. The molecule has 3 rings (SSSR count). The summed E-state index contributed by atoms with van der Waals surface area (Å²) in [5, 5.41) is 3.45. The molecule has 6 heteroatoms. The highest BCUT2D eigenvalue weighted by atomic mass is 35.5. The second-order valence-electron chi connectivity index (χ2n) is 6.45. The first-order valence-electron chi connectivity index (χ1n) is 8.60. The maximum atomic E-state index is 12.7. The van der Waals surface area contributed by atoms with Gasteiger partial charge in [-0.3, -0.25) is 4.79 Å². The monoisotopic (exact) mass is 380 g/mol. The highest BCUT2D eigenvalue weighted by Gasteiger charge is 2.14. The van der Waals surface area contributed by atoms with Gasteiger partial charge in [0.25, 0.3) is 5.91 Å². The molecule has 5 nitrogen and oxygen atoms in total. The van der Waals surface area contributed by atoms with Crippen molar-refractivity contribution < 1.29 is 4.79 Å². The van der Waals surface area contributed by atoms with Gasteiger partial charge in [-0.1, -0.05) is 48.0 Å². The zero-order valence-corrected chi connectivity index (χ0v) is 16.3. The number of hydrogen-bond donors (Lipinski definition) is 1. The number of nitrogens with one attached hydrogen (secondary N) is 1. The molecule has 0 spiro atoms. The molecule has 1 amide bonds. The minimum absolute atomic E-state index is 0.291. The fraction of sp³-hybridized carbons (Fsp3) is 0.190. The Hall–Kier alpha value is -2.92. The van der Waals surface area contributed by atoms with Gasteiger partial charge in [-0.15, -0.1) is 0 Å². The molecule has 138 valence electrons. The van der Waals surface area contributed by atoms with Crippen LogP contribution in [0.1, 0.15) is 27.3 Å². The lowest BCUT2D eigenvalue weighted by Gasteiger charge is -2.18. The Kier molecular flexibility index (Phi) is 5.72. The van der Waals surface area contributed by atoms with Crippen LogP contribution in [-0.2, 0) is 6.54 Å². The summed E-state index contributed by atoms with van der Waals surface area (Å²) in [5.41, 5.74) is 3.79. The van der Waals surface area contributed by atoms with Crippen molar-refractivity contribution in [2.45, 2.75) is 20.4 Å². The number of benzene rings is 2. The van der Waals surface area contributed by atoms with E-state index >= 15 is 0 Å². The first-order valence-corrected chi connectivity index (χ1v) is 8.98. The van der Waals surface area contributed by atoms with Gasteiger partial charge in [-0.2, -0.15) is 0 Å². The third-order valence-electron chi connectivity index (χ3n) is 4.13. The molecule has 1 heterocycles. The van der Waals surface area contributed by atoms with E-state index in [0.717, 1.165) is 16.8 Å². The molecule has 0 aliphatic heterocycles. The molecule has 0 atom stereocenters. The molecule has 0 unspecified atom stereocenters. The lowest BCUT2D eigenvalue weighted by molar-refractivity contribution is 0.102. The number of rotatable bonds is 5. The van der Waals surface area contributed by atoms with Crippen LogP contribution in [0.2, 0.25) is 5.02 Å². The van der Waals surface area contributed by atoms with Crippen LogP contribution in [0, 0.1) is 13.8 Å². The van der Waals surface area contributed by atoms with E-state index in [2.05, 4.69) is 15.3 Å². The summed E-state index contributed by atoms with van der Waals surface area (Å²) in [7, 11) is 1.91. The zero-order valence-electron chi connectivity index (χ0n) is 15.5. The van der Waals surface area contributed by atoms with Gasteiger partial charge in [0, 0.05) is 30.0 Å². The van der Waals surface area contributed by atoms with E-state index < -0.39 is 0 Å². The molecule has 0 saturated carbocycles. The maximum Gasteiger partial charge on any atom is 0.274 e. The molecule has 2 aromatic carbocycles. The van der Waals surface area contributed by atoms with Crippen molar-refractivity contribution in [2.24, 2.45) is 0 Å². The van der Waals surface area contributed by atoms with E-state index in [1.165, 1.54) is 0 Å². The second-order valence-corrected chi connectivity index (χ2v) is 6.89. The molecular weight excluding hydrogens is 360 g/mol. The Balaban J connectivity index is 1.82. The topological polar surface area (TPSA) is 58.1 Å². The van der Waals surface area contributed by atoms with Gasteiger partial charge >= 0.3 is 0 Å². The van der Waals surface area contributed by atoms with Crippen molar-refractivity contribution in [3.8, 4) is 0 Å². The molecule has 27 heavy (non-hydrogen) atoms. The van der Waals surface area contributed by atoms with Crippen LogP contribution in [0.25, 0.3) is 0 Å². The lowest BCUT2D eigenvalue weighted by Crippen LogP contribution is -2.22. The van der Waals surface area contributed by atoms with E-state index in [0.29, 0.717) is 28.9 Å². The largest absolute Gasteiger partial charge is 0.340 e. The second kappa shape index (κ2) is 8.18. The smallest absolute Gasteiger partial charge is 0.274 e. The van der Waals surface area contributed by atoms with Gasteiger partial charge in [0.15, 0.2) is 0 Å². The number of hydrogen-bond acceptors (Lipinski definition) is 4. The Morgan fingerprint density at radius 3 is 2.56 bits per heavy atom. The zero-order chi connectivity index (χ0) is 19.4. The van der Waals surface area contributed by atoms with Crippen LogP contribution in [0.3, 0.4) is 0 Å². The first-order chi connectivity index (χ1) is 12.9. The van der Waals surface area contributed by atoms with Crippen LogP contribution >= 0.6 is 11.6 Å². The average Bonchev–Trinajstić information content (AvgIpc) is 2.65. The van der Waals surface area contributed by atoms with Crippen molar-refractivity contribution in [2.75, 3.05) is 17.3 Å². The number of carbonyl (C=O) groups is 1. The third-order valence-corrected chi connectivity index (χ3v) is 4.36. The number of carbonyl (C=O) groups excluding carboxylic acids is 1. The highest BCUT2D eigenvalue weighted by molar-refractivity contribution is 6.31. The number of aromatic nitrogens is 2. The molecule has 1 aromatic heterocycles. The molecule has 0 saturated heterocycles. The normalized spacial score (nSPS) is 10.5. The van der Waals surface area contributed by atoms with Crippen LogP contribution < -0.4 is 10.2 Å². The SMILES string of the molecule is Cc1cc(C(=O)Nc2cc(Cl)ccc2C)nc(N(C)Cc2ccccc2)n1. The average molecular weight is 381 g/mol. The van der Waals surface area contributed by atoms with Crippen LogP contribution in [0.4, 0.5) is 11.6 Å². The van der Waals surface area contributed by atoms with Crippen molar-refractivity contribution in [1.82, 2.24) is 9.97 Å². The minimum Gasteiger partial charge on any atom is -0.340 e. The van der Waals surface area contributed by atoms with E-state index in [1.807, 2.05) is 62.2 Å². The molecular formula is C21H21ClN4O. The standard InChI is InChI=1S/C21H21ClN4O/c1-14-9-10-17(22)12-18(14)24-20(27)19-11-15(2)23-21(25-19)26(3)13-16-7-5-4-6-8-16/h4-12H,13H2,1-3H3,(H,24,27). The van der Waals surface area contributed by atoms with Gasteiger partial charge in [0.1, 0.15) is 5.69 Å². The summed E-state index contributed by atoms with van der Waals surface area (Å²) >= 11 is 6.03. The van der Waals surface area contributed by atoms with E-state index in [9.17, 15) is 4.79 Å². The quantitative estimate of drug-likeness (QED) is 0.700. The predicted octanol–water partition coefficient (Wildman–Crippen LogP) is 4.64. The lowest BCUT2D eigenvalue weighted by atomic mass is 10.2. The van der Waals surface area contributed by atoms with Gasteiger partial charge in [-0.05, 0) is 43.2 Å². The number of aryl methyl sites for hydroxylation is 2. The number of anilines is 2. The van der Waals surface area contributed by atoms with Gasteiger partial charge in [0.2, 0.25) is 5.95 Å². The van der Waals surface area contributed by atoms with Gasteiger partial charge < -0.3 is 10.2 Å². The van der Waals surface area contributed by atoms with Crippen LogP contribution in [-0.4, -0.2) is 22.9 Å². The molecule has 0 fully saturated rings. The number of amides is 1. The number of halogens is 1. The summed E-state index contributed by atoms with van der Waals surface area (Å²) in [6.07, 6.45) is 0. The van der Waals surface area contributed by atoms with Crippen molar-refractivity contribution in [1.29, 1.82) is 0 Å². The fourth-order valence-corrected chi connectivity index (χ4v) is 2.86. The molecule has 1 N–H and O–H groups in total. The summed E-state index contributed by atoms with van der Waals surface area (Å²) < 4.78 is 0. The van der Waals surface area contributed by atoms with E-state index in [1.54, 1.807) is 18.2 Å². The Labute approximate surface area is 164 Å². The predicted molar refractivity (Wildman–Crippen MR) is 109 cm³/mol. The third kappa shape index (κ3) is 4.83. The minimum atomic E-state index is -0.291. The summed E-state index contributed by atoms with van der Waals surface area (Å²) in [4.78, 5) is 23.5. The van der Waals surface area contributed by atoms with Crippen molar-refractivity contribution in [3.63, 3.8) is 0 Å². The Morgan fingerprint density at radius 2 is 1.81 bits per heavy atom. The molecule has 0 aliphatic carbocycles.